The minimum absolute atomic E-state index is 0.996. The molecule has 0 spiro atoms. The van der Waals surface area contributed by atoms with Crippen LogP contribution in [0.5, 0.6) is 0 Å². The normalized spacial score (nSPS) is 56.0. The van der Waals surface area contributed by atoms with E-state index in [9.17, 15) is 0 Å². The van der Waals surface area contributed by atoms with Crippen LogP contribution in [0.3, 0.4) is 0 Å². The van der Waals surface area contributed by atoms with E-state index in [0.717, 1.165) is 41.7 Å². The molecule has 0 aromatic heterocycles. The van der Waals surface area contributed by atoms with Gasteiger partial charge in [0.2, 0.25) is 0 Å². The molecule has 5 aliphatic carbocycles. The van der Waals surface area contributed by atoms with Crippen LogP contribution in [0, 0.1) is 29.6 Å². The van der Waals surface area contributed by atoms with Crippen LogP contribution in [-0.4, -0.2) is 38.3 Å². The fourth-order valence-electron chi connectivity index (χ4n) is 8.03. The summed E-state index contributed by atoms with van der Waals surface area (Å²) in [6.07, 6.45) is 14.1. The van der Waals surface area contributed by atoms with Crippen molar-refractivity contribution < 1.29 is 9.80 Å². The lowest BCUT2D eigenvalue weighted by Crippen LogP contribution is -3.31. The molecule has 0 amide bonds. The molecule has 2 nitrogen and oxygen atoms in total. The van der Waals surface area contributed by atoms with E-state index < -0.39 is 0 Å². The van der Waals surface area contributed by atoms with Crippen molar-refractivity contribution >= 4 is 0 Å². The maximum absolute atomic E-state index is 2.49. The standard InChI is InChI=1S/C21H36N2/c1-15-3-2-4-20(9-15)22-5-7-23(8-6-22)21-18-11-16-10-17(13-18)14-19(21)12-16/h15-21H,2-14H2,1H3/p+2/t15-,16?,17?,18?,19?,20+,21?/m1/s1. The van der Waals surface area contributed by atoms with E-state index in [2.05, 4.69) is 6.92 Å². The van der Waals surface area contributed by atoms with Gasteiger partial charge in [0.1, 0.15) is 26.2 Å². The summed E-state index contributed by atoms with van der Waals surface area (Å²) >= 11 is 0. The Morgan fingerprint density at radius 2 is 1.26 bits per heavy atom. The number of piperazine rings is 1. The predicted octanol–water partition coefficient (Wildman–Crippen LogP) is 1.17. The largest absolute Gasteiger partial charge is 0.323 e. The van der Waals surface area contributed by atoms with Gasteiger partial charge in [-0.15, -0.1) is 0 Å². The van der Waals surface area contributed by atoms with Crippen molar-refractivity contribution in [1.29, 1.82) is 0 Å². The molecule has 6 fully saturated rings. The Morgan fingerprint density at radius 1 is 0.652 bits per heavy atom. The van der Waals surface area contributed by atoms with Gasteiger partial charge in [0.25, 0.3) is 0 Å². The summed E-state index contributed by atoms with van der Waals surface area (Å²) in [6.45, 7) is 8.44. The molecule has 0 aromatic carbocycles. The van der Waals surface area contributed by atoms with E-state index >= 15 is 0 Å². The highest BCUT2D eigenvalue weighted by molar-refractivity contribution is 4.98. The van der Waals surface area contributed by atoms with Gasteiger partial charge in [0.05, 0.1) is 12.1 Å². The van der Waals surface area contributed by atoms with E-state index in [1.54, 1.807) is 32.1 Å². The molecule has 6 rings (SSSR count). The van der Waals surface area contributed by atoms with E-state index in [0.29, 0.717) is 0 Å². The highest BCUT2D eigenvalue weighted by Gasteiger charge is 2.53. The third-order valence-corrected chi connectivity index (χ3v) is 8.75. The maximum atomic E-state index is 2.49. The van der Waals surface area contributed by atoms with E-state index in [4.69, 9.17) is 0 Å². The molecule has 23 heavy (non-hydrogen) atoms. The van der Waals surface area contributed by atoms with Gasteiger partial charge in [-0.3, -0.25) is 0 Å². The van der Waals surface area contributed by atoms with Gasteiger partial charge >= 0.3 is 0 Å². The van der Waals surface area contributed by atoms with Gasteiger partial charge in [-0.05, 0) is 62.7 Å². The fourth-order valence-corrected chi connectivity index (χ4v) is 8.03. The summed E-state index contributed by atoms with van der Waals surface area (Å²) in [5.41, 5.74) is 0. The maximum Gasteiger partial charge on any atom is 0.127 e. The topological polar surface area (TPSA) is 8.88 Å². The molecule has 1 saturated heterocycles. The predicted molar refractivity (Wildman–Crippen MR) is 93.6 cm³/mol. The number of quaternary nitrogens is 2. The summed E-state index contributed by atoms with van der Waals surface area (Å²) < 4.78 is 0. The van der Waals surface area contributed by atoms with Gasteiger partial charge in [0.15, 0.2) is 0 Å². The highest BCUT2D eigenvalue weighted by atomic mass is 15.3. The number of hydrogen-bond acceptors (Lipinski definition) is 0. The van der Waals surface area contributed by atoms with Crippen LogP contribution in [-0.2, 0) is 0 Å². The molecule has 0 unspecified atom stereocenters. The van der Waals surface area contributed by atoms with Crippen molar-refractivity contribution in [3.63, 3.8) is 0 Å². The Bertz CT molecular complexity index is 398. The Morgan fingerprint density at radius 3 is 1.87 bits per heavy atom. The average Bonchev–Trinajstić information content (AvgIpc) is 2.54. The summed E-state index contributed by atoms with van der Waals surface area (Å²) in [4.78, 5) is 4.04. The zero-order valence-electron chi connectivity index (χ0n) is 15.2. The molecule has 1 heterocycles. The Kier molecular flexibility index (Phi) is 3.98. The van der Waals surface area contributed by atoms with Gasteiger partial charge in [-0.25, -0.2) is 0 Å². The molecule has 6 aliphatic rings. The first-order valence-electron chi connectivity index (χ1n) is 11.0. The Hall–Kier alpha value is -0.0800. The molecular weight excluding hydrogens is 280 g/mol. The van der Waals surface area contributed by atoms with Gasteiger partial charge in [-0.2, -0.15) is 0 Å². The summed E-state index contributed by atoms with van der Waals surface area (Å²) in [5, 5.41) is 0. The quantitative estimate of drug-likeness (QED) is 0.756. The van der Waals surface area contributed by atoms with Crippen molar-refractivity contribution in [2.75, 3.05) is 26.2 Å². The third kappa shape index (κ3) is 2.78. The molecule has 2 atom stereocenters. The van der Waals surface area contributed by atoms with E-state index in [1.807, 2.05) is 9.80 Å². The minimum atomic E-state index is 0.996. The summed E-state index contributed by atoms with van der Waals surface area (Å²) in [5.74, 6) is 5.53. The van der Waals surface area contributed by atoms with Crippen LogP contribution in [0.15, 0.2) is 0 Å². The molecule has 0 radical (unpaired) electrons. The molecule has 2 heteroatoms. The van der Waals surface area contributed by atoms with Crippen molar-refractivity contribution in [1.82, 2.24) is 0 Å². The fraction of sp³-hybridized carbons (Fsp3) is 1.00. The van der Waals surface area contributed by atoms with Crippen LogP contribution in [0.25, 0.3) is 0 Å². The van der Waals surface area contributed by atoms with E-state index in [-0.39, 0.29) is 0 Å². The molecule has 2 N–H and O–H groups in total. The summed E-state index contributed by atoms with van der Waals surface area (Å²) in [7, 11) is 0. The second kappa shape index (κ2) is 6.02. The van der Waals surface area contributed by atoms with Crippen LogP contribution in [0.4, 0.5) is 0 Å². The van der Waals surface area contributed by atoms with Crippen LogP contribution in [0.1, 0.15) is 64.7 Å². The molecule has 0 aromatic rings. The third-order valence-electron chi connectivity index (χ3n) is 8.75. The first kappa shape index (κ1) is 15.2. The van der Waals surface area contributed by atoms with Crippen LogP contribution in [0.2, 0.25) is 0 Å². The lowest BCUT2D eigenvalue weighted by atomic mass is 9.54. The second-order valence-corrected chi connectivity index (χ2v) is 10.2. The Balaban J connectivity index is 1.20. The molecule has 1 aliphatic heterocycles. The van der Waals surface area contributed by atoms with Crippen LogP contribution < -0.4 is 9.80 Å². The monoisotopic (exact) mass is 318 g/mol. The zero-order valence-corrected chi connectivity index (χ0v) is 15.2. The highest BCUT2D eigenvalue weighted by Crippen LogP contribution is 2.52. The smallest absolute Gasteiger partial charge is 0.127 e. The lowest BCUT2D eigenvalue weighted by Gasteiger charge is -2.56. The summed E-state index contributed by atoms with van der Waals surface area (Å²) in [6, 6.07) is 2.09. The number of rotatable bonds is 2. The second-order valence-electron chi connectivity index (χ2n) is 10.2. The van der Waals surface area contributed by atoms with Crippen molar-refractivity contribution in [3.8, 4) is 0 Å². The zero-order chi connectivity index (χ0) is 15.4. The van der Waals surface area contributed by atoms with Gasteiger partial charge < -0.3 is 9.80 Å². The van der Waals surface area contributed by atoms with Crippen molar-refractivity contribution in [3.05, 3.63) is 0 Å². The van der Waals surface area contributed by atoms with Crippen molar-refractivity contribution in [2.45, 2.75) is 76.8 Å². The van der Waals surface area contributed by atoms with Crippen molar-refractivity contribution in [2.24, 2.45) is 29.6 Å². The molecule has 130 valence electrons. The number of nitrogens with one attached hydrogen (secondary N) is 2. The van der Waals surface area contributed by atoms with Crippen LogP contribution >= 0.6 is 0 Å². The minimum Gasteiger partial charge on any atom is -0.323 e. The van der Waals surface area contributed by atoms with Gasteiger partial charge in [-0.1, -0.05) is 13.3 Å². The molecule has 4 bridgehead atoms. The van der Waals surface area contributed by atoms with Gasteiger partial charge in [0, 0.05) is 18.3 Å². The first-order valence-corrected chi connectivity index (χ1v) is 11.0. The lowest BCUT2D eigenvalue weighted by molar-refractivity contribution is -1.04. The Labute approximate surface area is 143 Å². The molecular formula is C21H38N2+2. The average molecular weight is 319 g/mol. The number of hydrogen-bond donors (Lipinski definition) is 2. The van der Waals surface area contributed by atoms with E-state index in [1.165, 1.54) is 51.9 Å². The molecule has 5 saturated carbocycles. The first-order chi connectivity index (χ1) is 11.3. The SMILES string of the molecule is C[C@@H]1CCC[C@H]([NH+]2CC[NH+](C3C4CC5CC(C4)CC3C5)CC2)C1.